The third-order valence-corrected chi connectivity index (χ3v) is 7.19. The van der Waals surface area contributed by atoms with Gasteiger partial charge in [0.2, 0.25) is 0 Å². The number of H-pyrrole nitrogens is 1. The van der Waals surface area contributed by atoms with E-state index in [0.717, 1.165) is 45.2 Å². The molecule has 4 atom stereocenters. The highest BCUT2D eigenvalue weighted by Crippen LogP contribution is 2.43. The summed E-state index contributed by atoms with van der Waals surface area (Å²) in [5.41, 5.74) is 2.50. The molecule has 0 bridgehead atoms. The van der Waals surface area contributed by atoms with E-state index < -0.39 is 35.3 Å². The zero-order valence-corrected chi connectivity index (χ0v) is 19.8. The van der Waals surface area contributed by atoms with E-state index in [1.807, 2.05) is 30.3 Å². The van der Waals surface area contributed by atoms with E-state index in [0.29, 0.717) is 5.88 Å². The molecule has 9 heteroatoms. The first kappa shape index (κ1) is 24.0. The normalized spacial score (nSPS) is 26.0. The highest BCUT2D eigenvalue weighted by molar-refractivity contribution is 6.17. The van der Waals surface area contributed by atoms with Crippen LogP contribution in [0.15, 0.2) is 64.3 Å². The van der Waals surface area contributed by atoms with Crippen LogP contribution in [0.2, 0.25) is 0 Å². The topological polar surface area (TPSA) is 114 Å². The molecule has 2 aliphatic rings. The summed E-state index contributed by atoms with van der Waals surface area (Å²) in [7, 11) is 0. The SMILES string of the molecule is O=c1ccn([C@@H]2OC[C@@H](O)[C@]3(Cc4c(cc(CCCCl)cc4-c4ccccc4)CO3)[C@H]2O)c(=O)[nH]1. The van der Waals surface area contributed by atoms with Crippen molar-refractivity contribution in [3.05, 3.63) is 92.3 Å². The Balaban J connectivity index is 1.58. The fourth-order valence-electron chi connectivity index (χ4n) is 5.09. The van der Waals surface area contributed by atoms with Crippen molar-refractivity contribution >= 4 is 11.6 Å². The summed E-state index contributed by atoms with van der Waals surface area (Å²) in [6, 6.07) is 15.4. The van der Waals surface area contributed by atoms with Gasteiger partial charge in [-0.2, -0.15) is 0 Å². The van der Waals surface area contributed by atoms with E-state index >= 15 is 0 Å². The Morgan fingerprint density at radius 1 is 1.14 bits per heavy atom. The molecule has 8 nitrogen and oxygen atoms in total. The van der Waals surface area contributed by atoms with Crippen LogP contribution in [0, 0.1) is 0 Å². The van der Waals surface area contributed by atoms with Crippen LogP contribution in [0.1, 0.15) is 29.3 Å². The van der Waals surface area contributed by atoms with E-state index in [-0.39, 0.29) is 19.6 Å². The zero-order chi connectivity index (χ0) is 24.6. The van der Waals surface area contributed by atoms with Gasteiger partial charge < -0.3 is 19.7 Å². The van der Waals surface area contributed by atoms with Crippen LogP contribution in [-0.4, -0.2) is 50.1 Å². The Bertz CT molecular complexity index is 1320. The number of alkyl halides is 1. The number of hydrogen-bond acceptors (Lipinski definition) is 6. The van der Waals surface area contributed by atoms with Crippen molar-refractivity contribution < 1.29 is 19.7 Å². The van der Waals surface area contributed by atoms with Gasteiger partial charge in [0.15, 0.2) is 6.23 Å². The van der Waals surface area contributed by atoms with Gasteiger partial charge in [0.05, 0.1) is 13.2 Å². The number of nitrogens with zero attached hydrogens (tertiary/aromatic N) is 1. The van der Waals surface area contributed by atoms with Crippen LogP contribution in [-0.2, 0) is 28.9 Å². The van der Waals surface area contributed by atoms with E-state index in [1.165, 1.54) is 12.3 Å². The molecule has 1 spiro atoms. The lowest BCUT2D eigenvalue weighted by atomic mass is 9.76. The van der Waals surface area contributed by atoms with E-state index in [4.69, 9.17) is 21.1 Å². The van der Waals surface area contributed by atoms with Gasteiger partial charge in [-0.05, 0) is 40.7 Å². The number of aliphatic hydroxyl groups is 2. The van der Waals surface area contributed by atoms with Crippen LogP contribution in [0.5, 0.6) is 0 Å². The smallest absolute Gasteiger partial charge is 0.330 e. The highest BCUT2D eigenvalue weighted by Gasteiger charge is 2.55. The van der Waals surface area contributed by atoms with E-state index in [9.17, 15) is 19.8 Å². The van der Waals surface area contributed by atoms with Crippen molar-refractivity contribution in [2.24, 2.45) is 0 Å². The molecule has 1 saturated heterocycles. The number of aromatic amines is 1. The van der Waals surface area contributed by atoms with Gasteiger partial charge in [0, 0.05) is 24.6 Å². The monoisotopic (exact) mass is 498 g/mol. The maximum Gasteiger partial charge on any atom is 0.330 e. The van der Waals surface area contributed by atoms with Crippen molar-refractivity contribution in [2.75, 3.05) is 12.5 Å². The van der Waals surface area contributed by atoms with Gasteiger partial charge in [-0.25, -0.2) is 4.79 Å². The molecule has 0 radical (unpaired) electrons. The zero-order valence-electron chi connectivity index (χ0n) is 19.0. The predicted octanol–water partition coefficient (Wildman–Crippen LogP) is 2.14. The predicted molar refractivity (Wildman–Crippen MR) is 130 cm³/mol. The lowest BCUT2D eigenvalue weighted by molar-refractivity contribution is -0.284. The number of rotatable bonds is 5. The Morgan fingerprint density at radius 3 is 2.69 bits per heavy atom. The average molecular weight is 499 g/mol. The molecule has 2 aromatic carbocycles. The fraction of sp³-hybridized carbons (Fsp3) is 0.385. The first-order chi connectivity index (χ1) is 16.9. The van der Waals surface area contributed by atoms with Gasteiger partial charge in [-0.3, -0.25) is 14.3 Å². The number of halogens is 1. The third-order valence-electron chi connectivity index (χ3n) is 6.92. The minimum Gasteiger partial charge on any atom is -0.388 e. The number of aromatic nitrogens is 2. The maximum atomic E-state index is 12.4. The average Bonchev–Trinajstić information content (AvgIpc) is 2.87. The van der Waals surface area contributed by atoms with Crippen LogP contribution in [0.3, 0.4) is 0 Å². The van der Waals surface area contributed by atoms with Crippen molar-refractivity contribution in [2.45, 2.75) is 49.9 Å². The number of nitrogens with one attached hydrogen (secondary N) is 1. The summed E-state index contributed by atoms with van der Waals surface area (Å²) in [5.74, 6) is 0.571. The molecule has 184 valence electrons. The second-order valence-electron chi connectivity index (χ2n) is 9.06. The van der Waals surface area contributed by atoms with Gasteiger partial charge in [0.25, 0.3) is 5.56 Å². The van der Waals surface area contributed by atoms with Crippen LogP contribution in [0.25, 0.3) is 11.1 Å². The molecule has 0 unspecified atom stereocenters. The van der Waals surface area contributed by atoms with Gasteiger partial charge in [-0.15, -0.1) is 11.6 Å². The molecule has 3 aromatic rings. The van der Waals surface area contributed by atoms with Crippen molar-refractivity contribution in [3.63, 3.8) is 0 Å². The number of hydrogen-bond donors (Lipinski definition) is 3. The quantitative estimate of drug-likeness (QED) is 0.464. The fourth-order valence-corrected chi connectivity index (χ4v) is 5.22. The molecular weight excluding hydrogens is 472 g/mol. The third kappa shape index (κ3) is 4.37. The first-order valence-electron chi connectivity index (χ1n) is 11.6. The Hall–Kier alpha value is -2.75. The molecule has 0 amide bonds. The van der Waals surface area contributed by atoms with E-state index in [2.05, 4.69) is 17.1 Å². The summed E-state index contributed by atoms with van der Waals surface area (Å²) >= 11 is 5.93. The van der Waals surface area contributed by atoms with E-state index in [1.54, 1.807) is 0 Å². The standard InChI is InChI=1S/C26H27ClN2O6/c27-9-4-5-16-11-18-14-35-26(13-20(18)19(12-16)17-6-2-1-3-7-17)21(30)15-34-24(23(26)32)29-10-8-22(31)28-25(29)33/h1-3,6-8,10-12,21,23-24,30,32H,4-5,9,13-15H2,(H,28,31,33)/t21-,23+,24-,26-/m1/s1. The largest absolute Gasteiger partial charge is 0.388 e. The van der Waals surface area contributed by atoms with Gasteiger partial charge >= 0.3 is 5.69 Å². The molecular formula is C26H27ClN2O6. The first-order valence-corrected chi connectivity index (χ1v) is 12.2. The summed E-state index contributed by atoms with van der Waals surface area (Å²) in [6.07, 6.45) is -0.449. The second-order valence-corrected chi connectivity index (χ2v) is 9.44. The van der Waals surface area contributed by atoms with Gasteiger partial charge in [0.1, 0.15) is 17.8 Å². The molecule has 3 heterocycles. The maximum absolute atomic E-state index is 12.4. The number of fused-ring (bicyclic) bond motifs is 1. The van der Waals surface area contributed by atoms with Crippen molar-refractivity contribution in [1.29, 1.82) is 0 Å². The summed E-state index contributed by atoms with van der Waals surface area (Å²) in [6.45, 7) is 0.0440. The molecule has 1 fully saturated rings. The minimum atomic E-state index is -1.40. The minimum absolute atomic E-state index is 0.142. The Morgan fingerprint density at radius 2 is 1.94 bits per heavy atom. The van der Waals surface area contributed by atoms with Crippen LogP contribution < -0.4 is 11.2 Å². The van der Waals surface area contributed by atoms with Crippen molar-refractivity contribution in [3.8, 4) is 11.1 Å². The molecule has 0 aliphatic carbocycles. The summed E-state index contributed by atoms with van der Waals surface area (Å²) < 4.78 is 13.0. The molecule has 2 aliphatic heterocycles. The second kappa shape index (κ2) is 9.72. The molecule has 1 aromatic heterocycles. The molecule has 35 heavy (non-hydrogen) atoms. The molecule has 5 rings (SSSR count). The van der Waals surface area contributed by atoms with Crippen molar-refractivity contribution in [1.82, 2.24) is 9.55 Å². The summed E-state index contributed by atoms with van der Waals surface area (Å²) in [5, 5.41) is 22.5. The lowest BCUT2D eigenvalue weighted by Gasteiger charge is -2.50. The molecule has 0 saturated carbocycles. The number of aliphatic hydroxyl groups excluding tert-OH is 2. The van der Waals surface area contributed by atoms with Crippen LogP contribution in [0.4, 0.5) is 0 Å². The molecule has 3 N–H and O–H groups in total. The van der Waals surface area contributed by atoms with Crippen LogP contribution >= 0.6 is 11.6 Å². The number of ether oxygens (including phenoxy) is 2. The Kier molecular flexibility index (Phi) is 6.65. The summed E-state index contributed by atoms with van der Waals surface area (Å²) in [4.78, 5) is 26.1. The number of benzene rings is 2. The lowest BCUT2D eigenvalue weighted by Crippen LogP contribution is -2.65. The Labute approximate surface area is 206 Å². The highest BCUT2D eigenvalue weighted by atomic mass is 35.5. The number of aryl methyl sites for hydroxylation is 1. The van der Waals surface area contributed by atoms with Gasteiger partial charge in [-0.1, -0.05) is 42.5 Å².